The molecule has 8 aliphatic rings. The number of likely N-dealkylation sites (N-methyl/N-ethyl adjacent to an activating group) is 2. The molecule has 568 valence electrons. The van der Waals surface area contributed by atoms with Crippen molar-refractivity contribution in [2.75, 3.05) is 27.2 Å². The molecule has 2 saturated heterocycles. The van der Waals surface area contributed by atoms with Crippen molar-refractivity contribution in [3.63, 3.8) is 0 Å². The fraction of sp³-hybridized carbons (Fsp3) is 0.696. The number of isocyanates is 1. The second-order valence-corrected chi connectivity index (χ2v) is 30.6. The van der Waals surface area contributed by atoms with E-state index in [1.807, 2.05) is 74.7 Å². The number of esters is 3. The predicted molar refractivity (Wildman–Crippen MR) is 399 cm³/mol. The number of likely N-dealkylation sites (tertiary alicyclic amines) is 2. The van der Waals surface area contributed by atoms with Gasteiger partial charge in [-0.3, -0.25) is 14.4 Å². The quantitative estimate of drug-likeness (QED) is 0.0478. The fourth-order valence-corrected chi connectivity index (χ4v) is 14.6. The van der Waals surface area contributed by atoms with Gasteiger partial charge < -0.3 is 74.6 Å². The first-order chi connectivity index (χ1) is 43.4. The van der Waals surface area contributed by atoms with Crippen LogP contribution in [0.5, 0.6) is 23.0 Å². The Balaban J connectivity index is 0.000000715. The van der Waals surface area contributed by atoms with Crippen LogP contribution in [0.3, 0.4) is 0 Å². The highest BCUT2D eigenvalue weighted by molar-refractivity contribution is 7.59. The summed E-state index contributed by atoms with van der Waals surface area (Å²) in [5.41, 5.74) is 3.54. The molecule has 2 saturated carbocycles. The molecule has 0 unspecified atom stereocenters. The van der Waals surface area contributed by atoms with Gasteiger partial charge in [-0.25, -0.2) is 28.8 Å². The van der Waals surface area contributed by atoms with E-state index in [0.29, 0.717) is 50.0 Å². The summed E-state index contributed by atoms with van der Waals surface area (Å²) in [5, 5.41) is 38.4. The molecule has 2 spiro atoms. The number of nitrogens with two attached hydrogens (primary N) is 1. The number of carbonyl (C=O) groups excluding carboxylic acids is 8. The van der Waals surface area contributed by atoms with Crippen molar-refractivity contribution >= 4 is 133 Å². The van der Waals surface area contributed by atoms with E-state index in [1.165, 1.54) is 6.08 Å². The number of amides is 2. The number of ketones is 2. The standard InChI is InChI=1S/C27H36N2O7.C23H28N2O7.C10H17NO3.C9H19NO2.2ClH.4H2S/c1-14(2)20(23(31)36-25(3,4)5)28-24(32)34-17-8-7-15-13-18-27(33)10-9-16(30)22-26(27,11-12-29(18)6)19(15)21(17)35-22;1-11(2)17(20(27)28)24-21(29)31-14-5-4-12-10-15-23(30)7-6-13(26)19-22(23,8-9-25(15)3)16(12)18(14)32-19;1-7(2)8(11-6-12)9(13)14-10(3,4)5;1-6(2)7(10)8(11)12-9(3,4)5;;;;;;/h7-8,14,18,20,22,33H,9-13H2,1-6H3,(H,28,32);4-5,11,15,17,19,30H,6-10H2,1-3H3,(H,24,29)(H,27,28);7-8H,1-5H3;6-7H,10H2,1-5H3;2*1H;4*1H2/t18-,20-,22+,26+,27-;15-,17-,19+,22+,23-;8-;7-;;;;;;/m1100....../s1. The van der Waals surface area contributed by atoms with Crippen molar-refractivity contribution in [3.8, 4) is 23.0 Å². The minimum atomic E-state index is -1.15. The maximum atomic E-state index is 13.1. The Morgan fingerprint density at radius 1 is 0.580 bits per heavy atom. The second-order valence-electron chi connectivity index (χ2n) is 30.6. The molecule has 7 N–H and O–H groups in total. The Bertz CT molecular complexity index is 3340. The number of rotatable bonds is 13. The molecule has 12 atom stereocenters. The molecule has 4 aliphatic carbocycles. The molecular formula is C69H110Cl2N6O19S4. The van der Waals surface area contributed by atoms with E-state index in [9.17, 15) is 58.5 Å². The van der Waals surface area contributed by atoms with Crippen molar-refractivity contribution in [2.24, 2.45) is 34.4 Å². The third-order valence-corrected chi connectivity index (χ3v) is 19.1. The van der Waals surface area contributed by atoms with Crippen LogP contribution in [0.1, 0.15) is 178 Å². The van der Waals surface area contributed by atoms with Gasteiger partial charge in [-0.2, -0.15) is 59.0 Å². The first-order valence-electron chi connectivity index (χ1n) is 32.7. The third kappa shape index (κ3) is 18.7. The number of ether oxygens (including phenoxy) is 7. The number of benzene rings is 2. The molecule has 10 rings (SSSR count). The van der Waals surface area contributed by atoms with Gasteiger partial charge in [0.25, 0.3) is 0 Å². The largest absolute Gasteiger partial charge is 0.480 e. The lowest BCUT2D eigenvalue weighted by Crippen LogP contribution is -2.76. The molecule has 4 fully saturated rings. The number of aliphatic hydroxyl groups is 2. The van der Waals surface area contributed by atoms with Gasteiger partial charge in [0.2, 0.25) is 6.08 Å². The van der Waals surface area contributed by atoms with E-state index in [0.717, 1.165) is 35.3 Å². The van der Waals surface area contributed by atoms with Crippen LogP contribution >= 0.6 is 78.8 Å². The second kappa shape index (κ2) is 35.2. The van der Waals surface area contributed by atoms with E-state index in [1.54, 1.807) is 81.4 Å². The summed E-state index contributed by atoms with van der Waals surface area (Å²) in [4.78, 5) is 116. The minimum absolute atomic E-state index is 0. The molecule has 2 amide bonds. The molecule has 2 aromatic rings. The average Bonchev–Trinajstić information content (AvgIpc) is 1.43. The third-order valence-electron chi connectivity index (χ3n) is 19.1. The number of carbonyl (C=O) groups is 8. The topological polar surface area (TPSA) is 348 Å². The highest BCUT2D eigenvalue weighted by Crippen LogP contribution is 2.66. The van der Waals surface area contributed by atoms with Crippen molar-refractivity contribution in [2.45, 2.75) is 256 Å². The van der Waals surface area contributed by atoms with Crippen LogP contribution in [0, 0.1) is 23.7 Å². The number of aliphatic imine (C=N–C) groups is 1. The van der Waals surface area contributed by atoms with Crippen LogP contribution in [0.4, 0.5) is 9.59 Å². The Morgan fingerprint density at radius 2 is 0.940 bits per heavy atom. The maximum absolute atomic E-state index is 13.1. The number of aliphatic carboxylic acids is 1. The van der Waals surface area contributed by atoms with Crippen LogP contribution in [0.25, 0.3) is 0 Å². The number of nitrogens with one attached hydrogen (secondary N) is 2. The molecule has 0 aromatic heterocycles. The minimum Gasteiger partial charge on any atom is -0.480 e. The zero-order valence-corrected chi connectivity index (χ0v) is 66.6. The van der Waals surface area contributed by atoms with Crippen LogP contribution in [0.15, 0.2) is 29.3 Å². The number of piperidine rings is 2. The Hall–Kier alpha value is -5.04. The molecular weight excluding hydrogens is 1420 g/mol. The van der Waals surface area contributed by atoms with E-state index >= 15 is 0 Å². The van der Waals surface area contributed by atoms with Gasteiger partial charge in [0.15, 0.2) is 52.8 Å². The van der Waals surface area contributed by atoms with Gasteiger partial charge >= 0.3 is 36.1 Å². The van der Waals surface area contributed by atoms with Crippen LogP contribution < -0.4 is 35.3 Å². The number of Topliss-reactive ketones (excluding diaryl/α,β-unsaturated/α-hetero) is 2. The smallest absolute Gasteiger partial charge is 0.413 e. The van der Waals surface area contributed by atoms with E-state index in [-0.39, 0.29) is 156 Å². The molecule has 100 heavy (non-hydrogen) atoms. The van der Waals surface area contributed by atoms with Gasteiger partial charge in [0.1, 0.15) is 34.9 Å². The summed E-state index contributed by atoms with van der Waals surface area (Å²) in [6, 6.07) is 3.57. The molecule has 0 radical (unpaired) electrons. The van der Waals surface area contributed by atoms with E-state index < -0.39 is 105 Å². The predicted octanol–water partition coefficient (Wildman–Crippen LogP) is 8.03. The summed E-state index contributed by atoms with van der Waals surface area (Å²) >= 11 is 0. The zero-order valence-electron chi connectivity index (χ0n) is 60.9. The summed E-state index contributed by atoms with van der Waals surface area (Å²) in [6.07, 6.45) is 1.68. The Labute approximate surface area is 628 Å². The fourth-order valence-electron chi connectivity index (χ4n) is 14.6. The van der Waals surface area contributed by atoms with Crippen molar-refractivity contribution < 1.29 is 91.6 Å². The van der Waals surface area contributed by atoms with E-state index in [2.05, 4.69) is 25.4 Å². The highest BCUT2D eigenvalue weighted by atomic mass is 35.5. The summed E-state index contributed by atoms with van der Waals surface area (Å²) < 4.78 is 39.3. The lowest BCUT2D eigenvalue weighted by molar-refractivity contribution is -0.185. The maximum Gasteiger partial charge on any atom is 0.413 e. The van der Waals surface area contributed by atoms with Gasteiger partial charge in [-0.1, -0.05) is 67.5 Å². The number of halogens is 2. The number of carboxylic acid groups (broad SMARTS) is 1. The van der Waals surface area contributed by atoms with Crippen LogP contribution in [0.2, 0.25) is 0 Å². The molecule has 4 heterocycles. The number of carboxylic acids is 1. The van der Waals surface area contributed by atoms with Gasteiger partial charge in [-0.15, -0.1) is 24.8 Å². The van der Waals surface area contributed by atoms with E-state index in [4.69, 9.17) is 38.9 Å². The lowest BCUT2D eigenvalue weighted by atomic mass is 9.49. The normalized spacial score (nSPS) is 25.6. The van der Waals surface area contributed by atoms with Crippen molar-refractivity contribution in [3.05, 3.63) is 46.5 Å². The summed E-state index contributed by atoms with van der Waals surface area (Å²) in [6.45, 7) is 31.9. The number of nitrogens with zero attached hydrogens (tertiary/aromatic N) is 3. The van der Waals surface area contributed by atoms with Gasteiger partial charge in [0, 0.05) is 36.1 Å². The highest BCUT2D eigenvalue weighted by Gasteiger charge is 2.74. The van der Waals surface area contributed by atoms with Gasteiger partial charge in [-0.05, 0) is 175 Å². The van der Waals surface area contributed by atoms with Crippen LogP contribution in [-0.4, -0.2) is 182 Å². The molecule has 4 bridgehead atoms. The van der Waals surface area contributed by atoms with Gasteiger partial charge in [0.05, 0.1) is 22.0 Å². The molecule has 4 aliphatic heterocycles. The zero-order chi connectivity index (χ0) is 70.5. The first kappa shape index (κ1) is 93.0. The monoisotopic (exact) mass is 1520 g/mol. The number of hydrogen-bond acceptors (Lipinski definition) is 22. The Kier molecular flexibility index (Phi) is 32.7. The molecule has 2 aromatic carbocycles. The lowest BCUT2D eigenvalue weighted by Gasteiger charge is -2.62. The number of hydrogen-bond donors (Lipinski definition) is 6. The SMILES string of the molecule is CC(C)[C@@H](NC(=O)Oc1ccc2c3c1O[C@H]1C(=O)CC[C@@]4(O)[C@@H](C2)N(C)CC[C@]314)C(=O)O.CC(C)[C@@H](NC(=O)Oc1ccc2c3c1O[C@H]1C(=O)CC[C@@]4(O)[C@@H](C2)N(C)CC[C@]314)C(=O)OC(C)(C)C.CC(C)[C@H](N)C(=O)OC(C)(C)C.CC(C)[C@H](N=C=O)C(=O)OC(C)(C)C.Cl.Cl.S.S.S.S. The first-order valence-corrected chi connectivity index (χ1v) is 32.7. The Morgan fingerprint density at radius 3 is 1.27 bits per heavy atom. The van der Waals surface area contributed by atoms with Crippen molar-refractivity contribution in [1.82, 2.24) is 20.4 Å². The molecule has 25 nitrogen and oxygen atoms in total. The average molecular weight is 1530 g/mol. The summed E-state index contributed by atoms with van der Waals surface area (Å²) in [5.74, 6) is -2.11. The van der Waals surface area contributed by atoms with Crippen molar-refractivity contribution in [1.29, 1.82) is 0 Å². The summed E-state index contributed by atoms with van der Waals surface area (Å²) in [7, 11) is 4.01. The molecule has 31 heteroatoms. The van der Waals surface area contributed by atoms with Crippen LogP contribution in [-0.2, 0) is 71.4 Å².